The molecule has 0 saturated carbocycles. The van der Waals surface area contributed by atoms with Gasteiger partial charge in [-0.05, 0) is 6.92 Å². The van der Waals surface area contributed by atoms with Crippen LogP contribution in [0.5, 0.6) is 0 Å². The number of carbonyl (C=O) groups excluding carboxylic acids is 2. The lowest BCUT2D eigenvalue weighted by atomic mass is 10.2. The van der Waals surface area contributed by atoms with Crippen LogP contribution in [-0.2, 0) is 9.59 Å². The summed E-state index contributed by atoms with van der Waals surface area (Å²) in [4.78, 5) is 34.4. The first-order valence-corrected chi connectivity index (χ1v) is 5.42. The van der Waals surface area contributed by atoms with Crippen molar-refractivity contribution in [2.45, 2.75) is 25.5 Å². The van der Waals surface area contributed by atoms with E-state index >= 15 is 0 Å². The van der Waals surface area contributed by atoms with Gasteiger partial charge in [-0.2, -0.15) is 0 Å². The minimum Gasteiger partial charge on any atom is -0.479 e. The van der Waals surface area contributed by atoms with E-state index in [0.717, 1.165) is 0 Å². The Labute approximate surface area is 105 Å². The summed E-state index contributed by atoms with van der Waals surface area (Å²) in [5.41, 5.74) is 0. The number of rotatable bonds is 6. The molecular weight excluding hydrogens is 242 g/mol. The second-order valence-electron chi connectivity index (χ2n) is 4.00. The summed E-state index contributed by atoms with van der Waals surface area (Å²) in [5, 5.41) is 22.1. The number of amides is 3. The van der Waals surface area contributed by atoms with Crippen LogP contribution in [0.4, 0.5) is 4.79 Å². The number of carboxylic acid groups (broad SMARTS) is 1. The van der Waals surface area contributed by atoms with Gasteiger partial charge in [0.1, 0.15) is 6.04 Å². The molecule has 0 spiro atoms. The zero-order valence-corrected chi connectivity index (χ0v) is 10.6. The third-order valence-electron chi connectivity index (χ3n) is 2.15. The second kappa shape index (κ2) is 7.49. The standard InChI is InChI=1S/C10H19N3O5/c1-6(8(15)13(2)3)12-10(18)11-5-4-7(14)9(16)17/h6-7,14H,4-5H2,1-3H3,(H,16,17)(H2,11,12,18). The van der Waals surface area contributed by atoms with Crippen molar-refractivity contribution in [1.82, 2.24) is 15.5 Å². The lowest BCUT2D eigenvalue weighted by Crippen LogP contribution is -2.48. The molecule has 0 aromatic heterocycles. The largest absolute Gasteiger partial charge is 0.479 e. The average molecular weight is 261 g/mol. The number of aliphatic carboxylic acids is 1. The predicted molar refractivity (Wildman–Crippen MR) is 63.0 cm³/mol. The van der Waals surface area contributed by atoms with E-state index in [2.05, 4.69) is 10.6 Å². The Balaban J connectivity index is 3.91. The third kappa shape index (κ3) is 6.04. The number of carbonyl (C=O) groups is 3. The molecule has 18 heavy (non-hydrogen) atoms. The van der Waals surface area contributed by atoms with Crippen LogP contribution < -0.4 is 10.6 Å². The molecule has 4 N–H and O–H groups in total. The van der Waals surface area contributed by atoms with Crippen LogP contribution in [0.2, 0.25) is 0 Å². The molecule has 2 atom stereocenters. The van der Waals surface area contributed by atoms with Crippen LogP contribution in [0.3, 0.4) is 0 Å². The third-order valence-corrected chi connectivity index (χ3v) is 2.15. The highest BCUT2D eigenvalue weighted by Crippen LogP contribution is 1.91. The van der Waals surface area contributed by atoms with Gasteiger partial charge in [0.05, 0.1) is 0 Å². The van der Waals surface area contributed by atoms with Gasteiger partial charge >= 0.3 is 12.0 Å². The van der Waals surface area contributed by atoms with Gasteiger partial charge < -0.3 is 25.7 Å². The summed E-state index contributed by atoms with van der Waals surface area (Å²) < 4.78 is 0. The molecule has 0 heterocycles. The van der Waals surface area contributed by atoms with E-state index in [1.807, 2.05) is 0 Å². The monoisotopic (exact) mass is 261 g/mol. The van der Waals surface area contributed by atoms with Gasteiger partial charge in [-0.3, -0.25) is 4.79 Å². The molecule has 0 aromatic carbocycles. The molecule has 0 saturated heterocycles. The van der Waals surface area contributed by atoms with Crippen molar-refractivity contribution in [2.75, 3.05) is 20.6 Å². The van der Waals surface area contributed by atoms with Crippen molar-refractivity contribution < 1.29 is 24.6 Å². The van der Waals surface area contributed by atoms with E-state index in [-0.39, 0.29) is 18.9 Å². The maximum atomic E-state index is 11.4. The Morgan fingerprint density at radius 3 is 2.28 bits per heavy atom. The molecule has 8 nitrogen and oxygen atoms in total. The van der Waals surface area contributed by atoms with Gasteiger partial charge in [-0.25, -0.2) is 9.59 Å². The van der Waals surface area contributed by atoms with Crippen molar-refractivity contribution >= 4 is 17.9 Å². The van der Waals surface area contributed by atoms with Crippen LogP contribution in [0.15, 0.2) is 0 Å². The van der Waals surface area contributed by atoms with Crippen LogP contribution >= 0.6 is 0 Å². The van der Waals surface area contributed by atoms with Gasteiger partial charge in [0.25, 0.3) is 0 Å². The second-order valence-corrected chi connectivity index (χ2v) is 4.00. The molecule has 0 aliphatic carbocycles. The van der Waals surface area contributed by atoms with Gasteiger partial charge in [0.15, 0.2) is 6.10 Å². The summed E-state index contributed by atoms with van der Waals surface area (Å²) in [5.74, 6) is -1.59. The highest BCUT2D eigenvalue weighted by molar-refractivity contribution is 5.86. The first-order chi connectivity index (χ1) is 8.25. The molecule has 0 aliphatic rings. The van der Waals surface area contributed by atoms with Crippen LogP contribution in [0, 0.1) is 0 Å². The first kappa shape index (κ1) is 16.2. The summed E-state index contributed by atoms with van der Waals surface area (Å²) in [6.45, 7) is 1.54. The summed E-state index contributed by atoms with van der Waals surface area (Å²) in [7, 11) is 3.14. The highest BCUT2D eigenvalue weighted by Gasteiger charge is 2.17. The number of likely N-dealkylation sites (N-methyl/N-ethyl adjacent to an activating group) is 1. The molecule has 8 heteroatoms. The van der Waals surface area contributed by atoms with Crippen molar-refractivity contribution in [3.8, 4) is 0 Å². The van der Waals surface area contributed by atoms with E-state index < -0.39 is 24.1 Å². The summed E-state index contributed by atoms with van der Waals surface area (Å²) in [6, 6.07) is -1.26. The number of nitrogens with one attached hydrogen (secondary N) is 2. The molecule has 104 valence electrons. The number of aliphatic hydroxyl groups excluding tert-OH is 1. The lowest BCUT2D eigenvalue weighted by Gasteiger charge is -2.18. The summed E-state index contributed by atoms with van der Waals surface area (Å²) >= 11 is 0. The van der Waals surface area contributed by atoms with Crippen molar-refractivity contribution in [3.63, 3.8) is 0 Å². The topological polar surface area (TPSA) is 119 Å². The average Bonchev–Trinajstić information content (AvgIpc) is 2.27. The van der Waals surface area contributed by atoms with Gasteiger partial charge in [0.2, 0.25) is 5.91 Å². The van der Waals surface area contributed by atoms with Crippen LogP contribution in [0.1, 0.15) is 13.3 Å². The molecule has 0 rings (SSSR count). The van der Waals surface area contributed by atoms with E-state index in [4.69, 9.17) is 10.2 Å². The molecule has 0 fully saturated rings. The molecule has 0 aliphatic heterocycles. The lowest BCUT2D eigenvalue weighted by molar-refractivity contribution is -0.146. The van der Waals surface area contributed by atoms with E-state index in [1.165, 1.54) is 11.8 Å². The van der Waals surface area contributed by atoms with Crippen LogP contribution in [0.25, 0.3) is 0 Å². The van der Waals surface area contributed by atoms with Crippen molar-refractivity contribution in [3.05, 3.63) is 0 Å². The maximum absolute atomic E-state index is 11.4. The number of carboxylic acids is 1. The number of hydrogen-bond acceptors (Lipinski definition) is 4. The molecular formula is C10H19N3O5. The fourth-order valence-corrected chi connectivity index (χ4v) is 1.14. The van der Waals surface area contributed by atoms with Crippen molar-refractivity contribution in [1.29, 1.82) is 0 Å². The van der Waals surface area contributed by atoms with E-state index in [1.54, 1.807) is 14.1 Å². The molecule has 3 amide bonds. The molecule has 0 radical (unpaired) electrons. The molecule has 2 unspecified atom stereocenters. The zero-order chi connectivity index (χ0) is 14.3. The van der Waals surface area contributed by atoms with E-state index in [0.29, 0.717) is 0 Å². The Bertz CT molecular complexity index is 319. The van der Waals surface area contributed by atoms with E-state index in [9.17, 15) is 14.4 Å². The normalized spacial score (nSPS) is 13.3. The quantitative estimate of drug-likeness (QED) is 0.469. The fourth-order valence-electron chi connectivity index (χ4n) is 1.14. The Kier molecular flexibility index (Phi) is 6.73. The number of hydrogen-bond donors (Lipinski definition) is 4. The summed E-state index contributed by atoms with van der Waals surface area (Å²) in [6.07, 6.45) is -1.61. The maximum Gasteiger partial charge on any atom is 0.332 e. The van der Waals surface area contributed by atoms with Gasteiger partial charge in [-0.15, -0.1) is 0 Å². The zero-order valence-electron chi connectivity index (χ0n) is 10.6. The fraction of sp³-hybridized carbons (Fsp3) is 0.700. The van der Waals surface area contributed by atoms with Gasteiger partial charge in [-0.1, -0.05) is 0 Å². The minimum atomic E-state index is -1.51. The Morgan fingerprint density at radius 1 is 1.28 bits per heavy atom. The minimum absolute atomic E-state index is 0.00216. The van der Waals surface area contributed by atoms with Crippen molar-refractivity contribution in [2.24, 2.45) is 0 Å². The Morgan fingerprint density at radius 2 is 1.83 bits per heavy atom. The predicted octanol–water partition coefficient (Wildman–Crippen LogP) is -1.40. The van der Waals surface area contributed by atoms with Crippen LogP contribution in [-0.4, -0.2) is 65.8 Å². The SMILES string of the molecule is CC(NC(=O)NCCC(O)C(=O)O)C(=O)N(C)C. The first-order valence-electron chi connectivity index (χ1n) is 5.42. The highest BCUT2D eigenvalue weighted by atomic mass is 16.4. The number of urea groups is 1. The smallest absolute Gasteiger partial charge is 0.332 e. The Hall–Kier alpha value is -1.83. The molecule has 0 bridgehead atoms. The number of nitrogens with zero attached hydrogens (tertiary/aromatic N) is 1. The van der Waals surface area contributed by atoms with Gasteiger partial charge in [0, 0.05) is 27.1 Å². The molecule has 0 aromatic rings. The number of aliphatic hydroxyl groups is 1.